The van der Waals surface area contributed by atoms with E-state index in [1.165, 1.54) is 11.3 Å². The highest BCUT2D eigenvalue weighted by Gasteiger charge is 2.28. The third kappa shape index (κ3) is 3.76. The quantitative estimate of drug-likeness (QED) is 0.738. The maximum absolute atomic E-state index is 12.3. The largest absolute Gasteiger partial charge is 0.385 e. The summed E-state index contributed by atoms with van der Waals surface area (Å²) in [6.07, 6.45) is 0.994. The van der Waals surface area contributed by atoms with E-state index in [1.54, 1.807) is 28.9 Å². The molecule has 0 amide bonds. The molecule has 1 fully saturated rings. The summed E-state index contributed by atoms with van der Waals surface area (Å²) in [5.74, 6) is 0. The smallest absolute Gasteiger partial charge is 0.252 e. The lowest BCUT2D eigenvalue weighted by Gasteiger charge is -2.33. The van der Waals surface area contributed by atoms with E-state index in [4.69, 9.17) is 4.74 Å². The maximum Gasteiger partial charge on any atom is 0.252 e. The molecule has 7 heteroatoms. The normalized spacial score (nSPS) is 18.8. The number of methoxy groups -OCH3 is 1. The van der Waals surface area contributed by atoms with Crippen molar-refractivity contribution in [2.24, 2.45) is 0 Å². The Balaban J connectivity index is 1.86. The van der Waals surface area contributed by atoms with Crippen LogP contribution in [0.2, 0.25) is 0 Å². The molecule has 0 radical (unpaired) electrons. The van der Waals surface area contributed by atoms with Crippen LogP contribution in [0.15, 0.2) is 21.7 Å². The molecule has 0 saturated carbocycles. The molecule has 0 spiro atoms. The van der Waals surface area contributed by atoms with Gasteiger partial charge in [-0.15, -0.1) is 11.3 Å². The predicted octanol–water partition coefficient (Wildman–Crippen LogP) is 1.09. The third-order valence-corrected chi connectivity index (χ3v) is 6.51. The Kier molecular flexibility index (Phi) is 5.35. The summed E-state index contributed by atoms with van der Waals surface area (Å²) in [5, 5.41) is 1.80. The molecule has 0 N–H and O–H groups in total. The van der Waals surface area contributed by atoms with Crippen LogP contribution in [0.25, 0.3) is 0 Å². The van der Waals surface area contributed by atoms with E-state index in [-0.39, 0.29) is 0 Å². The van der Waals surface area contributed by atoms with Crippen LogP contribution in [0.1, 0.15) is 6.42 Å². The molecular weight excluding hydrogens is 284 g/mol. The first-order chi connectivity index (χ1) is 9.14. The number of piperazine rings is 1. The van der Waals surface area contributed by atoms with Gasteiger partial charge in [-0.25, -0.2) is 8.42 Å². The fourth-order valence-electron chi connectivity index (χ4n) is 2.16. The molecule has 1 saturated heterocycles. The van der Waals surface area contributed by atoms with Crippen molar-refractivity contribution in [2.45, 2.75) is 10.6 Å². The number of ether oxygens (including phenoxy) is 1. The van der Waals surface area contributed by atoms with Crippen LogP contribution in [0.3, 0.4) is 0 Å². The van der Waals surface area contributed by atoms with E-state index in [9.17, 15) is 8.42 Å². The van der Waals surface area contributed by atoms with Gasteiger partial charge >= 0.3 is 0 Å². The molecule has 2 heterocycles. The first kappa shape index (κ1) is 14.9. The average molecular weight is 304 g/mol. The van der Waals surface area contributed by atoms with Crippen molar-refractivity contribution in [1.82, 2.24) is 9.21 Å². The molecule has 5 nitrogen and oxygen atoms in total. The minimum Gasteiger partial charge on any atom is -0.385 e. The van der Waals surface area contributed by atoms with Crippen LogP contribution in [-0.4, -0.2) is 64.1 Å². The first-order valence-electron chi connectivity index (χ1n) is 6.39. The van der Waals surface area contributed by atoms with E-state index in [1.807, 2.05) is 0 Å². The molecule has 1 aromatic heterocycles. The summed E-state index contributed by atoms with van der Waals surface area (Å²) in [4.78, 5) is 2.29. The number of nitrogens with zero attached hydrogens (tertiary/aromatic N) is 2. The Hall–Kier alpha value is -0.470. The zero-order valence-corrected chi connectivity index (χ0v) is 12.8. The van der Waals surface area contributed by atoms with E-state index >= 15 is 0 Å². The zero-order chi connectivity index (χ0) is 13.7. The van der Waals surface area contributed by atoms with Gasteiger partial charge in [-0.05, 0) is 17.9 Å². The number of hydrogen-bond acceptors (Lipinski definition) is 5. The van der Waals surface area contributed by atoms with Gasteiger partial charge in [0.2, 0.25) is 0 Å². The lowest BCUT2D eigenvalue weighted by Crippen LogP contribution is -2.48. The van der Waals surface area contributed by atoms with Crippen LogP contribution >= 0.6 is 11.3 Å². The van der Waals surface area contributed by atoms with Gasteiger partial charge in [0.1, 0.15) is 4.21 Å². The molecule has 0 aromatic carbocycles. The monoisotopic (exact) mass is 304 g/mol. The number of sulfonamides is 1. The number of rotatable bonds is 6. The van der Waals surface area contributed by atoms with Gasteiger partial charge in [0.25, 0.3) is 10.0 Å². The molecule has 2 rings (SSSR count). The number of thiophene rings is 1. The molecule has 108 valence electrons. The SMILES string of the molecule is COCCCN1CCN(S(=O)(=O)c2cccs2)CC1. The van der Waals surface area contributed by atoms with E-state index in [2.05, 4.69) is 4.90 Å². The van der Waals surface area contributed by atoms with Crippen LogP contribution < -0.4 is 0 Å². The molecular formula is C12H20N2O3S2. The van der Waals surface area contributed by atoms with Crippen LogP contribution in [-0.2, 0) is 14.8 Å². The highest BCUT2D eigenvalue weighted by atomic mass is 32.2. The predicted molar refractivity (Wildman–Crippen MR) is 76.0 cm³/mol. The Labute approximate surface area is 118 Å². The summed E-state index contributed by atoms with van der Waals surface area (Å²) in [6, 6.07) is 3.45. The lowest BCUT2D eigenvalue weighted by atomic mass is 10.3. The van der Waals surface area contributed by atoms with Crippen LogP contribution in [0.5, 0.6) is 0 Å². The van der Waals surface area contributed by atoms with Gasteiger partial charge < -0.3 is 9.64 Å². The molecule has 1 aliphatic rings. The van der Waals surface area contributed by atoms with Crippen molar-refractivity contribution in [2.75, 3.05) is 46.4 Å². The summed E-state index contributed by atoms with van der Waals surface area (Å²) >= 11 is 1.28. The minimum absolute atomic E-state index is 0.445. The van der Waals surface area contributed by atoms with Gasteiger partial charge in [-0.1, -0.05) is 6.07 Å². The van der Waals surface area contributed by atoms with E-state index in [0.29, 0.717) is 17.3 Å². The summed E-state index contributed by atoms with van der Waals surface area (Å²) in [7, 11) is -1.57. The van der Waals surface area contributed by atoms with Gasteiger partial charge in [0.15, 0.2) is 0 Å². The topological polar surface area (TPSA) is 49.9 Å². The summed E-state index contributed by atoms with van der Waals surface area (Å²) in [6.45, 7) is 4.48. The lowest BCUT2D eigenvalue weighted by molar-refractivity contribution is 0.149. The average Bonchev–Trinajstić information content (AvgIpc) is 2.94. The highest BCUT2D eigenvalue weighted by molar-refractivity contribution is 7.91. The Bertz CT molecular complexity index is 465. The maximum atomic E-state index is 12.3. The summed E-state index contributed by atoms with van der Waals surface area (Å²) in [5.41, 5.74) is 0. The third-order valence-electron chi connectivity index (χ3n) is 3.24. The molecule has 19 heavy (non-hydrogen) atoms. The summed E-state index contributed by atoms with van der Waals surface area (Å²) < 4.78 is 31.7. The standard InChI is InChI=1S/C12H20N2O3S2/c1-17-10-3-5-13-6-8-14(9-7-13)19(15,16)12-4-2-11-18-12/h2,4,11H,3,5-10H2,1H3. The van der Waals surface area contributed by atoms with Crippen molar-refractivity contribution >= 4 is 21.4 Å². The fourth-order valence-corrected chi connectivity index (χ4v) is 4.73. The second kappa shape index (κ2) is 6.81. The second-order valence-corrected chi connectivity index (χ2v) is 7.64. The molecule has 0 bridgehead atoms. The van der Waals surface area contributed by atoms with Gasteiger partial charge in [-0.3, -0.25) is 0 Å². The molecule has 0 unspecified atom stereocenters. The first-order valence-corrected chi connectivity index (χ1v) is 8.71. The Morgan fingerprint density at radius 2 is 2.05 bits per heavy atom. The van der Waals surface area contributed by atoms with Crippen molar-refractivity contribution < 1.29 is 13.2 Å². The van der Waals surface area contributed by atoms with Gasteiger partial charge in [0.05, 0.1) is 0 Å². The molecule has 0 aliphatic carbocycles. The van der Waals surface area contributed by atoms with E-state index < -0.39 is 10.0 Å². The Morgan fingerprint density at radius 1 is 1.32 bits per heavy atom. The second-order valence-electron chi connectivity index (χ2n) is 4.52. The number of hydrogen-bond donors (Lipinski definition) is 0. The van der Waals surface area contributed by atoms with Crippen molar-refractivity contribution in [3.8, 4) is 0 Å². The van der Waals surface area contributed by atoms with Crippen LogP contribution in [0, 0.1) is 0 Å². The van der Waals surface area contributed by atoms with E-state index in [0.717, 1.165) is 32.7 Å². The van der Waals surface area contributed by atoms with Crippen molar-refractivity contribution in [1.29, 1.82) is 0 Å². The fraction of sp³-hybridized carbons (Fsp3) is 0.667. The minimum atomic E-state index is -3.27. The molecule has 0 atom stereocenters. The highest BCUT2D eigenvalue weighted by Crippen LogP contribution is 2.21. The van der Waals surface area contributed by atoms with Crippen molar-refractivity contribution in [3.63, 3.8) is 0 Å². The van der Waals surface area contributed by atoms with Crippen molar-refractivity contribution in [3.05, 3.63) is 17.5 Å². The zero-order valence-electron chi connectivity index (χ0n) is 11.1. The van der Waals surface area contributed by atoms with Gasteiger partial charge in [0, 0.05) is 46.4 Å². The van der Waals surface area contributed by atoms with Gasteiger partial charge in [-0.2, -0.15) is 4.31 Å². The molecule has 1 aliphatic heterocycles. The Morgan fingerprint density at radius 3 is 2.63 bits per heavy atom. The molecule has 1 aromatic rings. The van der Waals surface area contributed by atoms with Crippen LogP contribution in [0.4, 0.5) is 0 Å².